The molecule has 0 aromatic carbocycles. The van der Waals surface area contributed by atoms with E-state index in [9.17, 15) is 10.1 Å². The first-order valence-corrected chi connectivity index (χ1v) is 6.70. The second-order valence-corrected chi connectivity index (χ2v) is 6.09. The summed E-state index contributed by atoms with van der Waals surface area (Å²) in [5, 5.41) is 11.3. The Morgan fingerprint density at radius 3 is 2.17 bits per heavy atom. The van der Waals surface area contributed by atoms with Crippen molar-refractivity contribution in [1.29, 1.82) is 0 Å². The second kappa shape index (κ2) is 5.73. The van der Waals surface area contributed by atoms with Crippen molar-refractivity contribution in [2.75, 3.05) is 0 Å². The summed E-state index contributed by atoms with van der Waals surface area (Å²) in [5.41, 5.74) is 0.567. The van der Waals surface area contributed by atoms with Gasteiger partial charge in [0, 0.05) is 17.1 Å². The third-order valence-electron chi connectivity index (χ3n) is 2.68. The van der Waals surface area contributed by atoms with Gasteiger partial charge in [0.25, 0.3) is 0 Å². The maximum Gasteiger partial charge on any atom is 0.346 e. The molecule has 18 heavy (non-hydrogen) atoms. The Morgan fingerprint density at radius 2 is 1.83 bits per heavy atom. The van der Waals surface area contributed by atoms with E-state index in [-0.39, 0.29) is 27.8 Å². The van der Waals surface area contributed by atoms with Crippen LogP contribution in [0.3, 0.4) is 0 Å². The molecule has 0 aliphatic carbocycles. The van der Waals surface area contributed by atoms with Gasteiger partial charge in [-0.05, 0) is 11.8 Å². The van der Waals surface area contributed by atoms with Gasteiger partial charge in [0.15, 0.2) is 5.82 Å². The van der Waals surface area contributed by atoms with Crippen molar-refractivity contribution in [3.05, 3.63) is 21.6 Å². The SMILES string of the molecule is CC(S)Cn1c(C(C)C)nc(C(C)C)c1[N+](=O)[O-]. The molecule has 1 atom stereocenters. The van der Waals surface area contributed by atoms with Crippen LogP contribution in [-0.2, 0) is 6.54 Å². The topological polar surface area (TPSA) is 61.0 Å². The van der Waals surface area contributed by atoms with E-state index in [1.807, 2.05) is 34.6 Å². The second-order valence-electron chi connectivity index (χ2n) is 5.20. The predicted octanol–water partition coefficient (Wildman–Crippen LogP) is 3.36. The average molecular weight is 271 g/mol. The molecule has 5 nitrogen and oxygen atoms in total. The molecule has 0 radical (unpaired) electrons. The summed E-state index contributed by atoms with van der Waals surface area (Å²) in [4.78, 5) is 15.4. The van der Waals surface area contributed by atoms with Crippen LogP contribution in [0.4, 0.5) is 5.82 Å². The maximum absolute atomic E-state index is 11.3. The monoisotopic (exact) mass is 271 g/mol. The van der Waals surface area contributed by atoms with Crippen LogP contribution in [0.25, 0.3) is 0 Å². The largest absolute Gasteiger partial charge is 0.358 e. The Bertz CT molecular complexity index is 439. The van der Waals surface area contributed by atoms with E-state index in [2.05, 4.69) is 17.6 Å². The van der Waals surface area contributed by atoms with Crippen molar-refractivity contribution < 1.29 is 4.92 Å². The highest BCUT2D eigenvalue weighted by Gasteiger charge is 2.30. The highest BCUT2D eigenvalue weighted by Crippen LogP contribution is 2.30. The van der Waals surface area contributed by atoms with Gasteiger partial charge in [-0.15, -0.1) is 0 Å². The number of rotatable bonds is 5. The van der Waals surface area contributed by atoms with Gasteiger partial charge >= 0.3 is 5.82 Å². The Kier molecular flexibility index (Phi) is 4.78. The molecule has 102 valence electrons. The van der Waals surface area contributed by atoms with Crippen LogP contribution < -0.4 is 0 Å². The number of thiol groups is 1. The molecule has 0 N–H and O–H groups in total. The number of imidazole rings is 1. The first-order chi connectivity index (χ1) is 8.25. The van der Waals surface area contributed by atoms with Gasteiger partial charge < -0.3 is 10.1 Å². The van der Waals surface area contributed by atoms with Gasteiger partial charge in [-0.1, -0.05) is 27.7 Å². The first kappa shape index (κ1) is 15.0. The minimum atomic E-state index is -0.329. The van der Waals surface area contributed by atoms with Crippen molar-refractivity contribution in [2.24, 2.45) is 0 Å². The van der Waals surface area contributed by atoms with Crippen LogP contribution >= 0.6 is 12.6 Å². The molecular formula is C12H21N3O2S. The normalized spacial score (nSPS) is 13.3. The lowest BCUT2D eigenvalue weighted by Crippen LogP contribution is -2.14. The first-order valence-electron chi connectivity index (χ1n) is 6.18. The number of aromatic nitrogens is 2. The summed E-state index contributed by atoms with van der Waals surface area (Å²) in [6.45, 7) is 10.3. The van der Waals surface area contributed by atoms with Crippen molar-refractivity contribution in [2.45, 2.75) is 58.2 Å². The third-order valence-corrected chi connectivity index (χ3v) is 2.84. The molecule has 0 bridgehead atoms. The highest BCUT2D eigenvalue weighted by atomic mass is 32.1. The summed E-state index contributed by atoms with van der Waals surface area (Å²) < 4.78 is 1.71. The lowest BCUT2D eigenvalue weighted by Gasteiger charge is -2.08. The average Bonchev–Trinajstić information content (AvgIpc) is 2.56. The molecule has 1 aromatic heterocycles. The van der Waals surface area contributed by atoms with Gasteiger partial charge in [-0.3, -0.25) is 0 Å². The van der Waals surface area contributed by atoms with Gasteiger partial charge in [-0.25, -0.2) is 9.55 Å². The molecule has 0 saturated heterocycles. The zero-order chi connectivity index (χ0) is 14.0. The summed E-state index contributed by atoms with van der Waals surface area (Å²) in [6, 6.07) is 0. The van der Waals surface area contributed by atoms with Crippen molar-refractivity contribution in [3.8, 4) is 0 Å². The molecule has 1 rings (SSSR count). The molecule has 1 unspecified atom stereocenters. The molecule has 0 spiro atoms. The standard InChI is InChI=1S/C12H21N3O2S/c1-7(2)10-12(15(16)17)14(6-9(5)18)11(13-10)8(3)4/h7-9,18H,6H2,1-5H3. The molecule has 0 aliphatic heterocycles. The van der Waals surface area contributed by atoms with Crippen molar-refractivity contribution in [1.82, 2.24) is 9.55 Å². The molecular weight excluding hydrogens is 250 g/mol. The van der Waals surface area contributed by atoms with Crippen LogP contribution in [0.1, 0.15) is 58.0 Å². The van der Waals surface area contributed by atoms with E-state index < -0.39 is 0 Å². The Hall–Kier alpha value is -1.04. The minimum absolute atomic E-state index is 0.0411. The van der Waals surface area contributed by atoms with Gasteiger partial charge in [0.2, 0.25) is 0 Å². The lowest BCUT2D eigenvalue weighted by molar-refractivity contribution is -0.393. The Morgan fingerprint density at radius 1 is 1.28 bits per heavy atom. The molecule has 6 heteroatoms. The third kappa shape index (κ3) is 3.04. The van der Waals surface area contributed by atoms with E-state index in [1.54, 1.807) is 4.57 Å². The van der Waals surface area contributed by atoms with Gasteiger partial charge in [0.1, 0.15) is 12.2 Å². The highest BCUT2D eigenvalue weighted by molar-refractivity contribution is 7.80. The van der Waals surface area contributed by atoms with E-state index in [4.69, 9.17) is 0 Å². The molecule has 1 heterocycles. The number of hydrogen-bond donors (Lipinski definition) is 1. The number of nitro groups is 1. The number of nitrogens with zero attached hydrogens (tertiary/aromatic N) is 3. The minimum Gasteiger partial charge on any atom is -0.358 e. The number of hydrogen-bond acceptors (Lipinski definition) is 4. The quantitative estimate of drug-likeness (QED) is 0.507. The van der Waals surface area contributed by atoms with Crippen LogP contribution in [-0.4, -0.2) is 19.7 Å². The fraction of sp³-hybridized carbons (Fsp3) is 0.750. The fourth-order valence-electron chi connectivity index (χ4n) is 1.94. The predicted molar refractivity (Wildman–Crippen MR) is 75.5 cm³/mol. The molecule has 1 aromatic rings. The van der Waals surface area contributed by atoms with E-state index >= 15 is 0 Å². The lowest BCUT2D eigenvalue weighted by atomic mass is 10.1. The fourth-order valence-corrected chi connectivity index (χ4v) is 2.11. The zero-order valence-electron chi connectivity index (χ0n) is 11.5. The molecule has 0 fully saturated rings. The summed E-state index contributed by atoms with van der Waals surface area (Å²) in [6.07, 6.45) is 0. The van der Waals surface area contributed by atoms with Crippen LogP contribution in [0.5, 0.6) is 0 Å². The smallest absolute Gasteiger partial charge is 0.346 e. The van der Waals surface area contributed by atoms with Crippen molar-refractivity contribution >= 4 is 18.4 Å². The molecule has 0 amide bonds. The molecule has 0 saturated carbocycles. The Labute approximate surface area is 113 Å². The summed E-state index contributed by atoms with van der Waals surface area (Å²) in [5.74, 6) is 1.09. The summed E-state index contributed by atoms with van der Waals surface area (Å²) in [7, 11) is 0. The van der Waals surface area contributed by atoms with Crippen LogP contribution in [0.2, 0.25) is 0 Å². The summed E-state index contributed by atoms with van der Waals surface area (Å²) >= 11 is 4.33. The zero-order valence-corrected chi connectivity index (χ0v) is 12.4. The van der Waals surface area contributed by atoms with Crippen LogP contribution in [0.15, 0.2) is 0 Å². The van der Waals surface area contributed by atoms with E-state index in [1.165, 1.54) is 0 Å². The van der Waals surface area contributed by atoms with E-state index in [0.717, 1.165) is 5.82 Å². The Balaban J connectivity index is 3.45. The van der Waals surface area contributed by atoms with Crippen molar-refractivity contribution in [3.63, 3.8) is 0 Å². The van der Waals surface area contributed by atoms with Crippen LogP contribution in [0, 0.1) is 10.1 Å². The maximum atomic E-state index is 11.3. The molecule has 0 aliphatic rings. The van der Waals surface area contributed by atoms with Gasteiger partial charge in [-0.2, -0.15) is 12.6 Å². The van der Waals surface area contributed by atoms with E-state index in [0.29, 0.717) is 12.2 Å². The van der Waals surface area contributed by atoms with Gasteiger partial charge in [0.05, 0.1) is 0 Å².